The van der Waals surface area contributed by atoms with Crippen molar-refractivity contribution in [1.29, 1.82) is 0 Å². The van der Waals surface area contributed by atoms with E-state index in [1.807, 2.05) is 0 Å². The Morgan fingerprint density at radius 2 is 2.08 bits per heavy atom. The highest BCUT2D eigenvalue weighted by Crippen LogP contribution is 2.46. The number of phenols is 1. The lowest BCUT2D eigenvalue weighted by molar-refractivity contribution is 0.0554. The van der Waals surface area contributed by atoms with Crippen molar-refractivity contribution in [1.82, 2.24) is 4.98 Å². The van der Waals surface area contributed by atoms with Gasteiger partial charge in [0.1, 0.15) is 17.1 Å². The van der Waals surface area contributed by atoms with E-state index in [-0.39, 0.29) is 50.5 Å². The summed E-state index contributed by atoms with van der Waals surface area (Å²) >= 11 is 4.28. The lowest BCUT2D eigenvalue weighted by Gasteiger charge is -2.23. The topological polar surface area (TPSA) is 119 Å². The highest BCUT2D eigenvalue weighted by Gasteiger charge is 2.45. The number of halogens is 1. The predicted molar refractivity (Wildman–Crippen MR) is 141 cm³/mol. The van der Waals surface area contributed by atoms with Gasteiger partial charge in [0.2, 0.25) is 5.76 Å². The lowest BCUT2D eigenvalue weighted by atomic mass is 9.98. The Hall–Kier alpha value is -3.96. The minimum Gasteiger partial charge on any atom is -0.503 e. The minimum absolute atomic E-state index is 0.0224. The molecule has 0 spiro atoms. The summed E-state index contributed by atoms with van der Waals surface area (Å²) in [5, 5.41) is 10.9. The molecule has 0 bridgehead atoms. The van der Waals surface area contributed by atoms with Crippen molar-refractivity contribution in [2.24, 2.45) is 0 Å². The second-order valence-electron chi connectivity index (χ2n) is 8.10. The molecule has 1 aliphatic heterocycles. The van der Waals surface area contributed by atoms with E-state index in [0.29, 0.717) is 21.1 Å². The normalized spacial score (nSPS) is 14.6. The quantitative estimate of drug-likeness (QED) is 0.245. The van der Waals surface area contributed by atoms with Crippen molar-refractivity contribution in [3.63, 3.8) is 0 Å². The predicted octanol–water partition coefficient (Wildman–Crippen LogP) is 5.13. The average molecular weight is 583 g/mol. The Kier molecular flexibility index (Phi) is 6.34. The van der Waals surface area contributed by atoms with Gasteiger partial charge in [-0.05, 0) is 52.7 Å². The minimum atomic E-state index is -0.975. The van der Waals surface area contributed by atoms with E-state index >= 15 is 0 Å². The first-order valence-corrected chi connectivity index (χ1v) is 12.6. The van der Waals surface area contributed by atoms with Gasteiger partial charge in [0, 0.05) is 0 Å². The number of rotatable bonds is 6. The molecule has 0 aliphatic carbocycles. The highest BCUT2D eigenvalue weighted by atomic mass is 79.9. The zero-order chi connectivity index (χ0) is 26.4. The molecule has 9 nitrogen and oxygen atoms in total. The third kappa shape index (κ3) is 4.00. The van der Waals surface area contributed by atoms with Crippen molar-refractivity contribution < 1.29 is 28.6 Å². The summed E-state index contributed by atoms with van der Waals surface area (Å²) < 4.78 is 16.7. The number of thiazole rings is 1. The van der Waals surface area contributed by atoms with Gasteiger partial charge in [0.25, 0.3) is 5.91 Å². The molecular weight excluding hydrogens is 564 g/mol. The van der Waals surface area contributed by atoms with Crippen LogP contribution in [0.25, 0.3) is 11.0 Å². The van der Waals surface area contributed by atoms with Crippen molar-refractivity contribution in [3.05, 3.63) is 91.2 Å². The summed E-state index contributed by atoms with van der Waals surface area (Å²) in [6, 6.07) is 8.81. The molecule has 4 aromatic rings. The molecule has 1 atom stereocenters. The number of aromatic hydroxyl groups is 1. The van der Waals surface area contributed by atoms with Crippen LogP contribution in [0.2, 0.25) is 0 Å². The number of nitrogens with zero attached hydrogens (tertiary/aromatic N) is 2. The number of amides is 1. The van der Waals surface area contributed by atoms with Crippen LogP contribution in [0.4, 0.5) is 5.13 Å². The molecule has 188 valence electrons. The molecule has 1 N–H and O–H groups in total. The molecule has 1 amide bonds. The van der Waals surface area contributed by atoms with Crippen LogP contribution in [0, 0.1) is 6.92 Å². The molecular formula is C26H19BrN2O7S. The zero-order valence-corrected chi connectivity index (χ0v) is 22.0. The second-order valence-corrected chi connectivity index (χ2v) is 9.93. The van der Waals surface area contributed by atoms with Gasteiger partial charge in [-0.3, -0.25) is 14.5 Å². The van der Waals surface area contributed by atoms with Crippen LogP contribution < -0.4 is 15.1 Å². The number of aryl methyl sites for hydroxylation is 1. The molecule has 0 radical (unpaired) electrons. The molecule has 1 unspecified atom stereocenters. The number of methoxy groups -OCH3 is 1. The van der Waals surface area contributed by atoms with Gasteiger partial charge in [-0.25, -0.2) is 9.78 Å². The first kappa shape index (κ1) is 24.7. The number of para-hydroxylation sites is 1. The standard InChI is InChI=1S/C26H19BrN2O7S/c1-4-9-35-25(33)23-12(2)28-26(37-23)29-19(13-10-15(27)21(31)17(11-13)34-3)18-20(30)14-7-5-6-8-16(14)36-22(18)24(29)32/h4-8,10-11,19,31H,1,9H2,2-3H3. The summed E-state index contributed by atoms with van der Waals surface area (Å²) in [7, 11) is 1.39. The van der Waals surface area contributed by atoms with Gasteiger partial charge in [-0.1, -0.05) is 36.1 Å². The molecule has 3 heterocycles. The molecule has 0 saturated carbocycles. The van der Waals surface area contributed by atoms with E-state index in [2.05, 4.69) is 27.5 Å². The number of anilines is 1. The van der Waals surface area contributed by atoms with Gasteiger partial charge in [-0.2, -0.15) is 0 Å². The number of hydrogen-bond acceptors (Lipinski definition) is 9. The van der Waals surface area contributed by atoms with Crippen LogP contribution in [0.5, 0.6) is 11.5 Å². The summed E-state index contributed by atoms with van der Waals surface area (Å²) in [5.74, 6) is -1.31. The number of phenolic OH excluding ortho intramolecular Hbond substituents is 1. The molecule has 11 heteroatoms. The second kappa shape index (κ2) is 9.49. The van der Waals surface area contributed by atoms with E-state index in [1.54, 1.807) is 37.3 Å². The monoisotopic (exact) mass is 582 g/mol. The average Bonchev–Trinajstić information content (AvgIpc) is 3.41. The van der Waals surface area contributed by atoms with Crippen LogP contribution in [0.1, 0.15) is 43.1 Å². The Morgan fingerprint density at radius 1 is 1.32 bits per heavy atom. The number of aromatic nitrogens is 1. The molecule has 0 fully saturated rings. The van der Waals surface area contributed by atoms with Crippen molar-refractivity contribution in [2.75, 3.05) is 18.6 Å². The van der Waals surface area contributed by atoms with Crippen molar-refractivity contribution >= 4 is 55.2 Å². The summed E-state index contributed by atoms with van der Waals surface area (Å²) in [5.41, 5.74) is 0.839. The number of esters is 1. The van der Waals surface area contributed by atoms with Crippen LogP contribution in [-0.4, -0.2) is 35.7 Å². The third-order valence-electron chi connectivity index (χ3n) is 5.87. The molecule has 2 aromatic heterocycles. The zero-order valence-electron chi connectivity index (χ0n) is 19.6. The number of carbonyl (C=O) groups is 2. The van der Waals surface area contributed by atoms with Gasteiger partial charge >= 0.3 is 5.97 Å². The van der Waals surface area contributed by atoms with Gasteiger partial charge < -0.3 is 19.0 Å². The van der Waals surface area contributed by atoms with Gasteiger partial charge in [0.05, 0.1) is 34.3 Å². The Labute approximate surface area is 222 Å². The number of ether oxygens (including phenoxy) is 2. The third-order valence-corrected chi connectivity index (χ3v) is 7.61. The maximum Gasteiger partial charge on any atom is 0.350 e. The molecule has 5 rings (SSSR count). The Bertz CT molecular complexity index is 1660. The van der Waals surface area contributed by atoms with Gasteiger partial charge in [0.15, 0.2) is 22.1 Å². The summed E-state index contributed by atoms with van der Waals surface area (Å²) in [6.45, 7) is 5.19. The number of hydrogen-bond donors (Lipinski definition) is 1. The highest BCUT2D eigenvalue weighted by molar-refractivity contribution is 9.10. The molecule has 37 heavy (non-hydrogen) atoms. The molecule has 1 aliphatic rings. The number of benzene rings is 2. The van der Waals surface area contributed by atoms with Crippen LogP contribution in [0.3, 0.4) is 0 Å². The Balaban J connectivity index is 1.75. The molecule has 2 aromatic carbocycles. The maximum atomic E-state index is 13.8. The van der Waals surface area contributed by atoms with E-state index in [1.165, 1.54) is 24.2 Å². The smallest absolute Gasteiger partial charge is 0.350 e. The van der Waals surface area contributed by atoms with Crippen LogP contribution >= 0.6 is 27.3 Å². The fourth-order valence-electron chi connectivity index (χ4n) is 4.21. The van der Waals surface area contributed by atoms with Crippen LogP contribution in [-0.2, 0) is 4.74 Å². The maximum absolute atomic E-state index is 13.8. The molecule has 0 saturated heterocycles. The van der Waals surface area contributed by atoms with Crippen molar-refractivity contribution in [2.45, 2.75) is 13.0 Å². The largest absolute Gasteiger partial charge is 0.503 e. The first-order valence-electron chi connectivity index (χ1n) is 11.0. The summed E-state index contributed by atoms with van der Waals surface area (Å²) in [6.07, 6.45) is 1.45. The fourth-order valence-corrected chi connectivity index (χ4v) is 5.66. The van der Waals surface area contributed by atoms with Crippen LogP contribution in [0.15, 0.2) is 62.7 Å². The van der Waals surface area contributed by atoms with Crippen molar-refractivity contribution in [3.8, 4) is 11.5 Å². The Morgan fingerprint density at radius 3 is 2.81 bits per heavy atom. The van der Waals surface area contributed by atoms with E-state index in [4.69, 9.17) is 13.9 Å². The van der Waals surface area contributed by atoms with Gasteiger partial charge in [-0.15, -0.1) is 0 Å². The fraction of sp³-hybridized carbons (Fsp3) is 0.154. The lowest BCUT2D eigenvalue weighted by Crippen LogP contribution is -2.29. The SMILES string of the molecule is C=CCOC(=O)c1sc(N2C(=O)c3oc4ccccc4c(=O)c3C2c2cc(Br)c(O)c(OC)c2)nc1C. The van der Waals surface area contributed by atoms with E-state index in [9.17, 15) is 19.5 Å². The number of fused-ring (bicyclic) bond motifs is 2. The number of carbonyl (C=O) groups excluding carboxylic acids is 2. The first-order chi connectivity index (χ1) is 17.8. The van der Waals surface area contributed by atoms with E-state index < -0.39 is 17.9 Å². The summed E-state index contributed by atoms with van der Waals surface area (Å²) in [4.78, 5) is 46.0. The van der Waals surface area contributed by atoms with E-state index in [0.717, 1.165) is 11.3 Å².